The molecule has 3 heteroatoms. The van der Waals surface area contributed by atoms with Gasteiger partial charge in [0, 0.05) is 10.4 Å². The summed E-state index contributed by atoms with van der Waals surface area (Å²) in [5.74, 6) is 0. The molecule has 0 fully saturated rings. The molecule has 1 aromatic heterocycles. The van der Waals surface area contributed by atoms with Crippen molar-refractivity contribution in [3.05, 3.63) is 22.4 Å². The molecule has 2 nitrogen and oxygen atoms in total. The monoisotopic (exact) mass is 254 g/mol. The smallest absolute Gasteiger partial charge is 0.0601 e. The Bertz CT molecular complexity index is 302. The molecule has 1 heterocycles. The molecule has 1 rings (SSSR count). The molecule has 0 amide bonds. The fourth-order valence-electron chi connectivity index (χ4n) is 2.76. The van der Waals surface area contributed by atoms with Crippen LogP contribution in [0.25, 0.3) is 0 Å². The average Bonchev–Trinajstić information content (AvgIpc) is 2.82. The Morgan fingerprint density at radius 3 is 2.29 bits per heavy atom. The lowest BCUT2D eigenvalue weighted by Gasteiger charge is -2.45. The van der Waals surface area contributed by atoms with Crippen LogP contribution in [0.1, 0.15) is 44.5 Å². The number of thiophene rings is 1. The van der Waals surface area contributed by atoms with Crippen LogP contribution in [0.5, 0.6) is 0 Å². The number of hydrogen-bond acceptors (Lipinski definition) is 3. The highest BCUT2D eigenvalue weighted by atomic mass is 32.1. The van der Waals surface area contributed by atoms with Gasteiger partial charge in [0.1, 0.15) is 0 Å². The summed E-state index contributed by atoms with van der Waals surface area (Å²) in [4.78, 5) is 3.84. The maximum absolute atomic E-state index is 3.68. The van der Waals surface area contributed by atoms with Gasteiger partial charge in [-0.15, -0.1) is 11.3 Å². The minimum atomic E-state index is 0.209. The summed E-state index contributed by atoms with van der Waals surface area (Å²) in [6.07, 6.45) is 2.32. The second-order valence-electron chi connectivity index (χ2n) is 4.71. The molecule has 0 aliphatic heterocycles. The van der Waals surface area contributed by atoms with Crippen molar-refractivity contribution in [1.82, 2.24) is 10.2 Å². The zero-order chi connectivity index (χ0) is 12.9. The van der Waals surface area contributed by atoms with Crippen LogP contribution >= 0.6 is 11.3 Å². The molecular weight excluding hydrogens is 228 g/mol. The van der Waals surface area contributed by atoms with Gasteiger partial charge in [-0.3, -0.25) is 0 Å². The molecule has 0 aromatic carbocycles. The van der Waals surface area contributed by atoms with E-state index in [2.05, 4.69) is 62.6 Å². The van der Waals surface area contributed by atoms with Gasteiger partial charge >= 0.3 is 0 Å². The highest BCUT2D eigenvalue weighted by Crippen LogP contribution is 2.37. The molecule has 0 aliphatic rings. The summed E-state index contributed by atoms with van der Waals surface area (Å²) < 4.78 is 0. The van der Waals surface area contributed by atoms with Crippen molar-refractivity contribution in [1.29, 1.82) is 0 Å². The highest BCUT2D eigenvalue weighted by Gasteiger charge is 2.38. The fraction of sp³-hybridized carbons (Fsp3) is 0.714. The van der Waals surface area contributed by atoms with E-state index in [1.807, 2.05) is 11.3 Å². The Kier molecular flexibility index (Phi) is 5.63. The van der Waals surface area contributed by atoms with Crippen LogP contribution in [0, 0.1) is 0 Å². The molecule has 0 saturated carbocycles. The van der Waals surface area contributed by atoms with Crippen molar-refractivity contribution >= 4 is 11.3 Å². The Morgan fingerprint density at radius 2 is 1.94 bits per heavy atom. The molecule has 0 aliphatic carbocycles. The minimum Gasteiger partial charge on any atom is -0.308 e. The Labute approximate surface area is 110 Å². The third kappa shape index (κ3) is 2.90. The maximum Gasteiger partial charge on any atom is 0.0601 e. The Morgan fingerprint density at radius 1 is 1.29 bits per heavy atom. The van der Waals surface area contributed by atoms with Crippen molar-refractivity contribution < 1.29 is 0 Å². The Balaban J connectivity index is 3.10. The van der Waals surface area contributed by atoms with Gasteiger partial charge in [0.25, 0.3) is 0 Å². The van der Waals surface area contributed by atoms with E-state index in [1.54, 1.807) is 0 Å². The van der Waals surface area contributed by atoms with Gasteiger partial charge in [-0.25, -0.2) is 0 Å². The van der Waals surface area contributed by atoms with Gasteiger partial charge in [0.2, 0.25) is 0 Å². The molecule has 0 bridgehead atoms. The van der Waals surface area contributed by atoms with Gasteiger partial charge in [0.15, 0.2) is 0 Å². The molecule has 0 radical (unpaired) electrons. The fourth-order valence-corrected chi connectivity index (χ4v) is 3.67. The first-order chi connectivity index (χ1) is 8.12. The number of nitrogens with zero attached hydrogens (tertiary/aromatic N) is 1. The van der Waals surface area contributed by atoms with Crippen molar-refractivity contribution in [3.8, 4) is 0 Å². The lowest BCUT2D eigenvalue weighted by molar-refractivity contribution is 0.0904. The summed E-state index contributed by atoms with van der Waals surface area (Å²) in [6, 6.07) is 4.83. The van der Waals surface area contributed by atoms with Crippen molar-refractivity contribution in [2.24, 2.45) is 0 Å². The van der Waals surface area contributed by atoms with Gasteiger partial charge < -0.3 is 10.2 Å². The molecule has 17 heavy (non-hydrogen) atoms. The van der Waals surface area contributed by atoms with Gasteiger partial charge in [-0.2, -0.15) is 0 Å². The largest absolute Gasteiger partial charge is 0.308 e. The second kappa shape index (κ2) is 6.53. The average molecular weight is 254 g/mol. The van der Waals surface area contributed by atoms with Crippen molar-refractivity contribution in [2.75, 3.05) is 20.6 Å². The molecule has 0 saturated heterocycles. The molecule has 1 unspecified atom stereocenters. The summed E-state index contributed by atoms with van der Waals surface area (Å²) >= 11 is 1.86. The van der Waals surface area contributed by atoms with Crippen LogP contribution in [0.4, 0.5) is 0 Å². The van der Waals surface area contributed by atoms with Crippen LogP contribution in [-0.4, -0.2) is 31.1 Å². The lowest BCUT2D eigenvalue weighted by atomic mass is 9.82. The summed E-state index contributed by atoms with van der Waals surface area (Å²) in [5, 5.41) is 5.85. The topological polar surface area (TPSA) is 15.3 Å². The number of hydrogen-bond donors (Lipinski definition) is 1. The number of rotatable bonds is 7. The van der Waals surface area contributed by atoms with Crippen LogP contribution in [0.15, 0.2) is 17.5 Å². The number of likely N-dealkylation sites (N-methyl/N-ethyl adjacent to an activating group) is 2. The normalized spacial score (nSPS) is 14.2. The van der Waals surface area contributed by atoms with E-state index in [0.717, 1.165) is 19.4 Å². The van der Waals surface area contributed by atoms with Crippen molar-refractivity contribution in [2.45, 2.75) is 45.2 Å². The third-order valence-electron chi connectivity index (χ3n) is 3.89. The van der Waals surface area contributed by atoms with Crippen LogP contribution in [-0.2, 0) is 0 Å². The van der Waals surface area contributed by atoms with Crippen LogP contribution in [0.3, 0.4) is 0 Å². The van der Waals surface area contributed by atoms with E-state index in [4.69, 9.17) is 0 Å². The third-order valence-corrected chi connectivity index (χ3v) is 4.83. The van der Waals surface area contributed by atoms with Gasteiger partial charge in [0.05, 0.1) is 6.04 Å². The van der Waals surface area contributed by atoms with E-state index in [9.17, 15) is 0 Å². The molecule has 1 aromatic rings. The molecule has 98 valence electrons. The minimum absolute atomic E-state index is 0.209. The van der Waals surface area contributed by atoms with Crippen LogP contribution in [0.2, 0.25) is 0 Å². The van der Waals surface area contributed by atoms with Crippen molar-refractivity contribution in [3.63, 3.8) is 0 Å². The van der Waals surface area contributed by atoms with E-state index in [0.29, 0.717) is 6.04 Å². The summed E-state index contributed by atoms with van der Waals surface area (Å²) in [6.45, 7) is 7.79. The van der Waals surface area contributed by atoms with Gasteiger partial charge in [-0.1, -0.05) is 26.8 Å². The second-order valence-corrected chi connectivity index (χ2v) is 5.69. The molecule has 0 spiro atoms. The standard InChI is InChI=1S/C14H26N2S/c1-6-14(7-2,16(4)5)13(15-8-3)12-10-9-11-17-12/h9-11,13,15H,6-8H2,1-5H3. The predicted molar refractivity (Wildman–Crippen MR) is 77.7 cm³/mol. The first kappa shape index (κ1) is 14.7. The molecular formula is C14H26N2S. The van der Waals surface area contributed by atoms with E-state index in [-0.39, 0.29) is 5.54 Å². The molecule has 1 N–H and O–H groups in total. The number of nitrogens with one attached hydrogen (secondary N) is 1. The maximum atomic E-state index is 3.68. The summed E-state index contributed by atoms with van der Waals surface area (Å²) in [5.41, 5.74) is 0.209. The van der Waals surface area contributed by atoms with E-state index >= 15 is 0 Å². The van der Waals surface area contributed by atoms with Gasteiger partial charge in [-0.05, 0) is 44.9 Å². The zero-order valence-electron chi connectivity index (χ0n) is 11.8. The summed E-state index contributed by atoms with van der Waals surface area (Å²) in [7, 11) is 4.40. The SMILES string of the molecule is CCNC(c1cccs1)C(CC)(CC)N(C)C. The van der Waals surface area contributed by atoms with E-state index in [1.165, 1.54) is 4.88 Å². The van der Waals surface area contributed by atoms with E-state index < -0.39 is 0 Å². The first-order valence-corrected chi connectivity index (χ1v) is 7.44. The van der Waals surface area contributed by atoms with Crippen LogP contribution < -0.4 is 5.32 Å². The Hall–Kier alpha value is -0.380. The molecule has 1 atom stereocenters. The highest BCUT2D eigenvalue weighted by molar-refractivity contribution is 7.10. The zero-order valence-corrected chi connectivity index (χ0v) is 12.6. The first-order valence-electron chi connectivity index (χ1n) is 6.56. The lowest BCUT2D eigenvalue weighted by Crippen LogP contribution is -2.52. The predicted octanol–water partition coefficient (Wildman–Crippen LogP) is 3.52. The quantitative estimate of drug-likeness (QED) is 0.801.